The third kappa shape index (κ3) is 4.29. The highest BCUT2D eigenvalue weighted by atomic mass is 35.5. The number of rotatable bonds is 5. The summed E-state index contributed by atoms with van der Waals surface area (Å²) in [4.78, 5) is 16.5. The molecule has 26 heavy (non-hydrogen) atoms. The lowest BCUT2D eigenvalue weighted by Crippen LogP contribution is -2.49. The van der Waals surface area contributed by atoms with Gasteiger partial charge in [-0.15, -0.1) is 0 Å². The van der Waals surface area contributed by atoms with Gasteiger partial charge in [0.2, 0.25) is 5.91 Å². The first-order valence-electron chi connectivity index (χ1n) is 8.57. The minimum Gasteiger partial charge on any atom is -0.503 e. The molecule has 0 spiro atoms. The third-order valence-corrected chi connectivity index (χ3v) is 4.89. The van der Waals surface area contributed by atoms with Gasteiger partial charge in [-0.1, -0.05) is 41.4 Å². The number of carbonyl (C=O) groups excluding carboxylic acids is 1. The topological polar surface area (TPSA) is 53.0 Å². The highest BCUT2D eigenvalue weighted by Gasteiger charge is 2.24. The Morgan fingerprint density at radius 1 is 1.12 bits per heavy atom. The number of carbonyl (C=O) groups is 1. The van der Waals surface area contributed by atoms with Crippen molar-refractivity contribution in [3.05, 3.63) is 58.1 Å². The molecule has 1 aliphatic heterocycles. The lowest BCUT2D eigenvalue weighted by Gasteiger charge is -2.34. The number of halogens is 1. The van der Waals surface area contributed by atoms with Crippen molar-refractivity contribution < 1.29 is 14.6 Å². The molecule has 5 nitrogen and oxygen atoms in total. The molecule has 0 radical (unpaired) electrons. The second kappa shape index (κ2) is 7.98. The van der Waals surface area contributed by atoms with Gasteiger partial charge in [-0.25, -0.2) is 0 Å². The van der Waals surface area contributed by atoms with Gasteiger partial charge in [-0.2, -0.15) is 0 Å². The first-order chi connectivity index (χ1) is 12.5. The highest BCUT2D eigenvalue weighted by Crippen LogP contribution is 2.35. The average Bonchev–Trinajstić information content (AvgIpc) is 2.62. The number of piperazine rings is 1. The zero-order valence-corrected chi connectivity index (χ0v) is 15.8. The van der Waals surface area contributed by atoms with Crippen LogP contribution in [0.25, 0.3) is 0 Å². The van der Waals surface area contributed by atoms with E-state index < -0.39 is 0 Å². The van der Waals surface area contributed by atoms with E-state index in [0.717, 1.165) is 17.7 Å². The van der Waals surface area contributed by atoms with Crippen molar-refractivity contribution in [3.63, 3.8) is 0 Å². The van der Waals surface area contributed by atoms with Crippen LogP contribution in [0.5, 0.6) is 11.5 Å². The maximum atomic E-state index is 12.5. The number of amides is 1. The van der Waals surface area contributed by atoms with Crippen LogP contribution in [0, 0.1) is 6.92 Å². The quantitative estimate of drug-likeness (QED) is 0.873. The molecule has 0 aliphatic carbocycles. The Kier molecular flexibility index (Phi) is 5.69. The minimum absolute atomic E-state index is 0.0584. The molecule has 0 atom stereocenters. The Morgan fingerprint density at radius 2 is 1.85 bits per heavy atom. The number of phenolic OH excluding ortho intramolecular Hbond substituents is 1. The van der Waals surface area contributed by atoms with E-state index in [4.69, 9.17) is 16.3 Å². The molecule has 0 saturated carbocycles. The van der Waals surface area contributed by atoms with Crippen LogP contribution in [-0.4, -0.2) is 47.6 Å². The molecule has 0 bridgehead atoms. The number of nitrogens with zero attached hydrogens (tertiary/aromatic N) is 2. The number of aromatic hydroxyl groups is 1. The SMILES string of the molecule is COc1cc(CN2CCN(Cc3ccc(C)cc3)C(=O)C2)cc(Cl)c1O. The fraction of sp³-hybridized carbons (Fsp3) is 0.350. The van der Waals surface area contributed by atoms with Crippen LogP contribution in [0.15, 0.2) is 36.4 Å². The van der Waals surface area contributed by atoms with Crippen molar-refractivity contribution in [2.75, 3.05) is 26.7 Å². The van der Waals surface area contributed by atoms with Crippen molar-refractivity contribution in [2.45, 2.75) is 20.0 Å². The van der Waals surface area contributed by atoms with Gasteiger partial charge in [0, 0.05) is 26.2 Å². The number of hydrogen-bond donors (Lipinski definition) is 1. The predicted octanol–water partition coefficient (Wildman–Crippen LogP) is 3.21. The molecule has 3 rings (SSSR count). The summed E-state index contributed by atoms with van der Waals surface area (Å²) < 4.78 is 5.14. The fourth-order valence-corrected chi connectivity index (χ4v) is 3.34. The van der Waals surface area contributed by atoms with Crippen molar-refractivity contribution in [1.29, 1.82) is 0 Å². The molecule has 1 amide bonds. The van der Waals surface area contributed by atoms with E-state index in [1.165, 1.54) is 12.7 Å². The molecule has 1 fully saturated rings. The number of phenols is 1. The molecule has 6 heteroatoms. The summed E-state index contributed by atoms with van der Waals surface area (Å²) in [7, 11) is 1.49. The molecule has 0 unspecified atom stereocenters. The Hall–Kier alpha value is -2.24. The standard InChI is InChI=1S/C20H23ClN2O3/c1-14-3-5-15(6-4-14)12-23-8-7-22(13-19(23)24)11-16-9-17(21)20(25)18(10-16)26-2/h3-6,9-10,25H,7-8,11-13H2,1-2H3. The van der Waals surface area contributed by atoms with Crippen LogP contribution in [0.1, 0.15) is 16.7 Å². The van der Waals surface area contributed by atoms with Gasteiger partial charge in [0.25, 0.3) is 0 Å². The van der Waals surface area contributed by atoms with Gasteiger partial charge >= 0.3 is 0 Å². The first kappa shape index (κ1) is 18.5. The average molecular weight is 375 g/mol. The van der Waals surface area contributed by atoms with Crippen molar-refractivity contribution in [2.24, 2.45) is 0 Å². The van der Waals surface area contributed by atoms with Crippen LogP contribution >= 0.6 is 11.6 Å². The zero-order valence-electron chi connectivity index (χ0n) is 15.0. The molecule has 138 valence electrons. The van der Waals surface area contributed by atoms with Crippen LogP contribution in [-0.2, 0) is 17.9 Å². The maximum absolute atomic E-state index is 12.5. The summed E-state index contributed by atoms with van der Waals surface area (Å²) in [6.07, 6.45) is 0. The van der Waals surface area contributed by atoms with Gasteiger partial charge in [0.1, 0.15) is 0 Å². The van der Waals surface area contributed by atoms with E-state index in [1.54, 1.807) is 12.1 Å². The summed E-state index contributed by atoms with van der Waals surface area (Å²) in [5.41, 5.74) is 3.27. The van der Waals surface area contributed by atoms with Crippen molar-refractivity contribution >= 4 is 17.5 Å². The Bertz CT molecular complexity index is 792. The molecule has 1 saturated heterocycles. The van der Waals surface area contributed by atoms with Gasteiger partial charge in [0.05, 0.1) is 18.7 Å². The summed E-state index contributed by atoms with van der Waals surface area (Å²) in [5.74, 6) is 0.405. The number of ether oxygens (including phenoxy) is 1. The van der Waals surface area contributed by atoms with Crippen LogP contribution in [0.3, 0.4) is 0 Å². The van der Waals surface area contributed by atoms with E-state index in [-0.39, 0.29) is 16.7 Å². The predicted molar refractivity (Wildman–Crippen MR) is 102 cm³/mol. The fourth-order valence-electron chi connectivity index (χ4n) is 3.11. The summed E-state index contributed by atoms with van der Waals surface area (Å²) in [5, 5.41) is 10.1. The highest BCUT2D eigenvalue weighted by molar-refractivity contribution is 6.32. The van der Waals surface area contributed by atoms with Crippen molar-refractivity contribution in [3.8, 4) is 11.5 Å². The van der Waals surface area contributed by atoms with Crippen LogP contribution in [0.2, 0.25) is 5.02 Å². The molecular weight excluding hydrogens is 352 g/mol. The molecular formula is C20H23ClN2O3. The summed E-state index contributed by atoms with van der Waals surface area (Å²) in [6.45, 7) is 5.13. The number of aryl methyl sites for hydroxylation is 1. The lowest BCUT2D eigenvalue weighted by atomic mass is 10.1. The van der Waals surface area contributed by atoms with E-state index in [2.05, 4.69) is 36.1 Å². The van der Waals surface area contributed by atoms with E-state index in [1.807, 2.05) is 4.90 Å². The molecule has 1 N–H and O–H groups in total. The molecule has 0 aromatic heterocycles. The van der Waals surface area contributed by atoms with E-state index in [0.29, 0.717) is 31.9 Å². The van der Waals surface area contributed by atoms with Gasteiger partial charge in [-0.05, 0) is 30.2 Å². The third-order valence-electron chi connectivity index (χ3n) is 4.61. The number of hydrogen-bond acceptors (Lipinski definition) is 4. The van der Waals surface area contributed by atoms with Gasteiger partial charge < -0.3 is 14.7 Å². The molecule has 1 heterocycles. The Morgan fingerprint density at radius 3 is 2.50 bits per heavy atom. The van der Waals surface area contributed by atoms with Crippen LogP contribution in [0.4, 0.5) is 0 Å². The van der Waals surface area contributed by atoms with Gasteiger partial charge in [-0.3, -0.25) is 9.69 Å². The second-order valence-corrected chi connectivity index (χ2v) is 7.05. The lowest BCUT2D eigenvalue weighted by molar-refractivity contribution is -0.136. The molecule has 2 aromatic carbocycles. The number of methoxy groups -OCH3 is 1. The second-order valence-electron chi connectivity index (χ2n) is 6.64. The number of benzene rings is 2. The largest absolute Gasteiger partial charge is 0.503 e. The van der Waals surface area contributed by atoms with E-state index in [9.17, 15) is 9.90 Å². The Balaban J connectivity index is 1.61. The molecule has 1 aliphatic rings. The van der Waals surface area contributed by atoms with Crippen LogP contribution < -0.4 is 4.74 Å². The zero-order chi connectivity index (χ0) is 18.7. The summed E-state index contributed by atoms with van der Waals surface area (Å²) in [6, 6.07) is 11.7. The molecule has 2 aromatic rings. The monoisotopic (exact) mass is 374 g/mol. The first-order valence-corrected chi connectivity index (χ1v) is 8.95. The Labute approximate surface area is 158 Å². The maximum Gasteiger partial charge on any atom is 0.237 e. The van der Waals surface area contributed by atoms with Crippen molar-refractivity contribution in [1.82, 2.24) is 9.80 Å². The normalized spacial score (nSPS) is 15.3. The minimum atomic E-state index is -0.0584. The van der Waals surface area contributed by atoms with E-state index >= 15 is 0 Å². The van der Waals surface area contributed by atoms with Gasteiger partial charge in [0.15, 0.2) is 11.5 Å². The summed E-state index contributed by atoms with van der Waals surface area (Å²) >= 11 is 6.04. The smallest absolute Gasteiger partial charge is 0.237 e.